The minimum atomic E-state index is 0. The molecule has 2 heterocycles. The number of aromatic nitrogens is 2. The van der Waals surface area contributed by atoms with Crippen LogP contribution in [0.2, 0.25) is 0 Å². The molecule has 8 heteroatoms. The molecular weight excluding hydrogens is 443 g/mol. The second-order valence-electron chi connectivity index (χ2n) is 7.09. The predicted molar refractivity (Wildman–Crippen MR) is 118 cm³/mol. The number of nitrogens with zero attached hydrogens (tertiary/aromatic N) is 4. The number of hydrogen-bond donors (Lipinski definition) is 2. The van der Waals surface area contributed by atoms with Crippen LogP contribution in [0.25, 0.3) is 0 Å². The molecule has 2 rings (SSSR count). The van der Waals surface area contributed by atoms with Gasteiger partial charge in [0.05, 0.1) is 5.69 Å². The van der Waals surface area contributed by atoms with Crippen LogP contribution in [-0.2, 0) is 11.3 Å². The maximum Gasteiger partial charge on any atom is 0.191 e. The molecule has 2 N–H and O–H groups in total. The molecule has 1 aromatic rings. The number of likely N-dealkylation sites (N-methyl/N-ethyl adjacent to an activating group) is 1. The standard InChI is InChI=1S/C18H34N6O.HI/c1-15-13-16(2)24(22-15)10-6-9-20-17(19-3)21-14-18(23(4)5)7-11-25-12-8-18;/h13H,6-12,14H2,1-5H3,(H2,19,20,21);1H. The van der Waals surface area contributed by atoms with Gasteiger partial charge >= 0.3 is 0 Å². The third-order valence-corrected chi connectivity index (χ3v) is 5.12. The summed E-state index contributed by atoms with van der Waals surface area (Å²) in [6.07, 6.45) is 3.10. The molecule has 1 saturated heterocycles. The quantitative estimate of drug-likeness (QED) is 0.271. The number of hydrogen-bond acceptors (Lipinski definition) is 4. The van der Waals surface area contributed by atoms with E-state index in [0.717, 1.165) is 63.8 Å². The van der Waals surface area contributed by atoms with E-state index in [0.29, 0.717) is 0 Å². The van der Waals surface area contributed by atoms with Crippen molar-refractivity contribution in [2.24, 2.45) is 4.99 Å². The van der Waals surface area contributed by atoms with Crippen LogP contribution in [0.5, 0.6) is 0 Å². The summed E-state index contributed by atoms with van der Waals surface area (Å²) in [7, 11) is 6.12. The van der Waals surface area contributed by atoms with Gasteiger partial charge in [0, 0.05) is 51.1 Å². The third kappa shape index (κ3) is 6.38. The molecule has 1 aliphatic heterocycles. The van der Waals surface area contributed by atoms with E-state index in [1.165, 1.54) is 5.69 Å². The minimum Gasteiger partial charge on any atom is -0.381 e. The fraction of sp³-hybridized carbons (Fsp3) is 0.778. The molecular formula is C18H35IN6O. The summed E-state index contributed by atoms with van der Waals surface area (Å²) in [4.78, 5) is 6.67. The maximum atomic E-state index is 5.53. The first-order chi connectivity index (χ1) is 12.0. The van der Waals surface area contributed by atoms with Crippen LogP contribution in [-0.4, -0.2) is 73.6 Å². The molecule has 0 aliphatic carbocycles. The molecule has 0 aromatic carbocycles. The SMILES string of the molecule is CN=C(NCCCn1nc(C)cc1C)NCC1(N(C)C)CCOCC1.I. The zero-order valence-corrected chi connectivity index (χ0v) is 19.2. The molecule has 0 radical (unpaired) electrons. The van der Waals surface area contributed by atoms with Crippen molar-refractivity contribution in [1.29, 1.82) is 0 Å². The van der Waals surface area contributed by atoms with E-state index in [9.17, 15) is 0 Å². The van der Waals surface area contributed by atoms with Crippen molar-refractivity contribution >= 4 is 29.9 Å². The molecule has 1 aliphatic rings. The van der Waals surface area contributed by atoms with E-state index in [4.69, 9.17) is 4.74 Å². The summed E-state index contributed by atoms with van der Waals surface area (Å²) in [5.41, 5.74) is 2.43. The van der Waals surface area contributed by atoms with Gasteiger partial charge < -0.3 is 20.3 Å². The van der Waals surface area contributed by atoms with Crippen molar-refractivity contribution in [2.45, 2.75) is 45.2 Å². The zero-order valence-electron chi connectivity index (χ0n) is 16.8. The van der Waals surface area contributed by atoms with Gasteiger partial charge in [-0.2, -0.15) is 5.10 Å². The summed E-state index contributed by atoms with van der Waals surface area (Å²) in [5.74, 6) is 0.862. The Hall–Kier alpha value is -0.870. The summed E-state index contributed by atoms with van der Waals surface area (Å²) in [5, 5.41) is 11.4. The zero-order chi connectivity index (χ0) is 18.3. The normalized spacial score (nSPS) is 17.1. The molecule has 26 heavy (non-hydrogen) atoms. The van der Waals surface area contributed by atoms with Crippen LogP contribution in [0.1, 0.15) is 30.7 Å². The van der Waals surface area contributed by atoms with E-state index in [2.05, 4.69) is 57.4 Å². The first-order valence-electron chi connectivity index (χ1n) is 9.17. The Morgan fingerprint density at radius 3 is 2.54 bits per heavy atom. The number of halogens is 1. The Kier molecular flexibility index (Phi) is 9.88. The minimum absolute atomic E-state index is 0. The molecule has 150 valence electrons. The number of nitrogens with one attached hydrogen (secondary N) is 2. The van der Waals surface area contributed by atoms with Gasteiger partial charge in [0.15, 0.2) is 5.96 Å². The predicted octanol–water partition coefficient (Wildman–Crippen LogP) is 1.78. The summed E-state index contributed by atoms with van der Waals surface area (Å²) in [6, 6.07) is 2.11. The van der Waals surface area contributed by atoms with Crippen LogP contribution < -0.4 is 10.6 Å². The molecule has 0 atom stereocenters. The summed E-state index contributed by atoms with van der Waals surface area (Å²) in [6.45, 7) is 8.45. The van der Waals surface area contributed by atoms with Gasteiger partial charge in [-0.1, -0.05) is 0 Å². The molecule has 0 spiro atoms. The smallest absolute Gasteiger partial charge is 0.191 e. The van der Waals surface area contributed by atoms with Crippen molar-refractivity contribution in [3.63, 3.8) is 0 Å². The van der Waals surface area contributed by atoms with Gasteiger partial charge in [-0.25, -0.2) is 0 Å². The number of aliphatic imine (C=N–C) groups is 1. The van der Waals surface area contributed by atoms with Crippen molar-refractivity contribution in [3.05, 3.63) is 17.5 Å². The Bertz CT molecular complexity index is 566. The average molecular weight is 478 g/mol. The van der Waals surface area contributed by atoms with E-state index >= 15 is 0 Å². The summed E-state index contributed by atoms with van der Waals surface area (Å²) >= 11 is 0. The lowest BCUT2D eigenvalue weighted by Gasteiger charge is -2.43. The molecule has 0 bridgehead atoms. The van der Waals surface area contributed by atoms with Crippen molar-refractivity contribution in [3.8, 4) is 0 Å². The molecule has 1 fully saturated rings. The highest BCUT2D eigenvalue weighted by molar-refractivity contribution is 14.0. The van der Waals surface area contributed by atoms with Gasteiger partial charge in [0.25, 0.3) is 0 Å². The number of ether oxygens (including phenoxy) is 1. The number of aryl methyl sites for hydroxylation is 3. The van der Waals surface area contributed by atoms with Gasteiger partial charge in [0.2, 0.25) is 0 Å². The molecule has 0 amide bonds. The number of guanidine groups is 1. The van der Waals surface area contributed by atoms with Crippen LogP contribution >= 0.6 is 24.0 Å². The summed E-state index contributed by atoms with van der Waals surface area (Å²) < 4.78 is 7.60. The Morgan fingerprint density at radius 2 is 2.00 bits per heavy atom. The topological polar surface area (TPSA) is 66.7 Å². The van der Waals surface area contributed by atoms with Gasteiger partial charge in [0.1, 0.15) is 0 Å². The van der Waals surface area contributed by atoms with Gasteiger partial charge in [-0.05, 0) is 53.3 Å². The molecule has 1 aromatic heterocycles. The number of rotatable bonds is 7. The Labute approximate surface area is 175 Å². The van der Waals surface area contributed by atoms with Gasteiger partial charge in [-0.3, -0.25) is 9.67 Å². The molecule has 0 saturated carbocycles. The van der Waals surface area contributed by atoms with Crippen molar-refractivity contribution < 1.29 is 4.74 Å². The first-order valence-corrected chi connectivity index (χ1v) is 9.17. The van der Waals surface area contributed by atoms with Crippen LogP contribution in [0, 0.1) is 13.8 Å². The molecule has 7 nitrogen and oxygen atoms in total. The van der Waals surface area contributed by atoms with E-state index < -0.39 is 0 Å². The lowest BCUT2D eigenvalue weighted by molar-refractivity contribution is -0.00501. The highest BCUT2D eigenvalue weighted by atomic mass is 127. The maximum absolute atomic E-state index is 5.53. The van der Waals surface area contributed by atoms with E-state index in [-0.39, 0.29) is 29.5 Å². The largest absolute Gasteiger partial charge is 0.381 e. The monoisotopic (exact) mass is 478 g/mol. The van der Waals surface area contributed by atoms with Crippen LogP contribution in [0.4, 0.5) is 0 Å². The van der Waals surface area contributed by atoms with Crippen LogP contribution in [0.3, 0.4) is 0 Å². The average Bonchev–Trinajstić information content (AvgIpc) is 2.92. The first kappa shape index (κ1) is 23.2. The Balaban J connectivity index is 0.00000338. The van der Waals surface area contributed by atoms with E-state index in [1.807, 2.05) is 14.0 Å². The fourth-order valence-corrected chi connectivity index (χ4v) is 3.34. The van der Waals surface area contributed by atoms with E-state index in [1.54, 1.807) is 0 Å². The van der Waals surface area contributed by atoms with Crippen LogP contribution in [0.15, 0.2) is 11.1 Å². The highest BCUT2D eigenvalue weighted by Gasteiger charge is 2.34. The lowest BCUT2D eigenvalue weighted by Crippen LogP contribution is -2.57. The highest BCUT2D eigenvalue weighted by Crippen LogP contribution is 2.24. The molecule has 0 unspecified atom stereocenters. The third-order valence-electron chi connectivity index (χ3n) is 5.12. The van der Waals surface area contributed by atoms with Crippen molar-refractivity contribution in [1.82, 2.24) is 25.3 Å². The second kappa shape index (κ2) is 11.1. The Morgan fingerprint density at radius 1 is 1.31 bits per heavy atom. The lowest BCUT2D eigenvalue weighted by atomic mass is 9.88. The van der Waals surface area contributed by atoms with Gasteiger partial charge in [-0.15, -0.1) is 24.0 Å². The second-order valence-corrected chi connectivity index (χ2v) is 7.09. The van der Waals surface area contributed by atoms with Crippen molar-refractivity contribution in [2.75, 3.05) is 47.4 Å². The fourth-order valence-electron chi connectivity index (χ4n) is 3.34.